The predicted octanol–water partition coefficient (Wildman–Crippen LogP) is 3.89. The molecule has 0 aliphatic heterocycles. The number of hydrogen-bond acceptors (Lipinski definition) is 4. The molecule has 0 spiro atoms. The Morgan fingerprint density at radius 1 is 1.21 bits per heavy atom. The Morgan fingerprint density at radius 2 is 1.95 bits per heavy atom. The highest BCUT2D eigenvalue weighted by Crippen LogP contribution is 2.27. The van der Waals surface area contributed by atoms with Gasteiger partial charge in [0.15, 0.2) is 5.82 Å². The Hall–Kier alpha value is -1.84. The van der Waals surface area contributed by atoms with Gasteiger partial charge in [0, 0.05) is 11.7 Å². The molecule has 0 radical (unpaired) electrons. The monoisotopic (exact) mass is 259 g/mol. The van der Waals surface area contributed by atoms with Crippen LogP contribution in [0.15, 0.2) is 28.8 Å². The van der Waals surface area contributed by atoms with Crippen LogP contribution in [-0.2, 0) is 0 Å². The van der Waals surface area contributed by atoms with Crippen LogP contribution in [0.1, 0.15) is 33.0 Å². The number of para-hydroxylation sites is 1. The van der Waals surface area contributed by atoms with E-state index in [4.69, 9.17) is 4.52 Å². The van der Waals surface area contributed by atoms with Crippen LogP contribution in [0.5, 0.6) is 0 Å². The third kappa shape index (κ3) is 3.56. The van der Waals surface area contributed by atoms with Gasteiger partial charge in [0.05, 0.1) is 5.56 Å². The van der Waals surface area contributed by atoms with Crippen molar-refractivity contribution in [1.29, 1.82) is 0 Å². The van der Waals surface area contributed by atoms with Crippen LogP contribution in [0.25, 0.3) is 11.5 Å². The van der Waals surface area contributed by atoms with Gasteiger partial charge in [0.25, 0.3) is 5.89 Å². The average Bonchev–Trinajstić information content (AvgIpc) is 2.75. The zero-order chi connectivity index (χ0) is 13.8. The smallest absolute Gasteiger partial charge is 0.260 e. The maximum atomic E-state index is 5.25. The van der Waals surface area contributed by atoms with Crippen molar-refractivity contribution in [1.82, 2.24) is 10.1 Å². The first-order valence-corrected chi connectivity index (χ1v) is 6.72. The zero-order valence-electron chi connectivity index (χ0n) is 12.0. The van der Waals surface area contributed by atoms with Crippen LogP contribution in [0.2, 0.25) is 0 Å². The maximum Gasteiger partial charge on any atom is 0.260 e. The van der Waals surface area contributed by atoms with Crippen molar-refractivity contribution >= 4 is 5.69 Å². The van der Waals surface area contributed by atoms with Crippen LogP contribution in [-0.4, -0.2) is 16.2 Å². The van der Waals surface area contributed by atoms with Crippen molar-refractivity contribution in [2.45, 2.75) is 40.2 Å². The number of rotatable bonds is 5. The molecular weight excluding hydrogens is 238 g/mol. The van der Waals surface area contributed by atoms with Gasteiger partial charge in [-0.05, 0) is 38.3 Å². The molecule has 1 atom stereocenters. The number of nitrogens with one attached hydrogen (secondary N) is 1. The first-order valence-electron chi connectivity index (χ1n) is 6.72. The van der Waals surface area contributed by atoms with Gasteiger partial charge in [0.1, 0.15) is 0 Å². The van der Waals surface area contributed by atoms with Crippen molar-refractivity contribution in [3.05, 3.63) is 30.1 Å². The summed E-state index contributed by atoms with van der Waals surface area (Å²) in [5.41, 5.74) is 2.00. The second-order valence-corrected chi connectivity index (χ2v) is 5.37. The topological polar surface area (TPSA) is 51.0 Å². The zero-order valence-corrected chi connectivity index (χ0v) is 12.0. The van der Waals surface area contributed by atoms with E-state index in [9.17, 15) is 0 Å². The highest BCUT2D eigenvalue weighted by Gasteiger charge is 2.13. The van der Waals surface area contributed by atoms with Gasteiger partial charge in [-0.1, -0.05) is 31.1 Å². The molecule has 0 saturated carbocycles. The van der Waals surface area contributed by atoms with Crippen molar-refractivity contribution in [3.63, 3.8) is 0 Å². The molecule has 4 heteroatoms. The summed E-state index contributed by atoms with van der Waals surface area (Å²) in [5, 5.41) is 7.37. The van der Waals surface area contributed by atoms with Gasteiger partial charge in [-0.3, -0.25) is 0 Å². The van der Waals surface area contributed by atoms with E-state index in [1.165, 1.54) is 0 Å². The highest BCUT2D eigenvalue weighted by atomic mass is 16.5. The van der Waals surface area contributed by atoms with Crippen LogP contribution >= 0.6 is 0 Å². The Bertz CT molecular complexity index is 534. The summed E-state index contributed by atoms with van der Waals surface area (Å²) in [4.78, 5) is 4.29. The summed E-state index contributed by atoms with van der Waals surface area (Å²) in [6, 6.07) is 8.44. The van der Waals surface area contributed by atoms with E-state index in [-0.39, 0.29) is 0 Å². The van der Waals surface area contributed by atoms with Gasteiger partial charge in [-0.15, -0.1) is 0 Å². The van der Waals surface area contributed by atoms with Crippen LogP contribution in [0, 0.1) is 12.8 Å². The number of benzene rings is 1. The fourth-order valence-corrected chi connectivity index (χ4v) is 2.23. The normalized spacial score (nSPS) is 12.7. The minimum Gasteiger partial charge on any atom is -0.382 e. The molecular formula is C15H21N3O. The van der Waals surface area contributed by atoms with Crippen LogP contribution in [0.3, 0.4) is 0 Å². The minimum absolute atomic E-state index is 0.408. The molecule has 0 aliphatic carbocycles. The molecule has 1 unspecified atom stereocenters. The van der Waals surface area contributed by atoms with Crippen molar-refractivity contribution in [2.24, 2.45) is 5.92 Å². The lowest BCUT2D eigenvalue weighted by molar-refractivity contribution is 0.425. The molecule has 102 valence electrons. The highest BCUT2D eigenvalue weighted by molar-refractivity contribution is 5.72. The summed E-state index contributed by atoms with van der Waals surface area (Å²) in [6.07, 6.45) is 1.12. The molecule has 1 aromatic heterocycles. The van der Waals surface area contributed by atoms with E-state index in [0.29, 0.717) is 23.7 Å². The van der Waals surface area contributed by atoms with Crippen LogP contribution < -0.4 is 5.32 Å². The molecule has 0 amide bonds. The van der Waals surface area contributed by atoms with E-state index < -0.39 is 0 Å². The molecule has 1 heterocycles. The molecule has 1 N–H and O–H groups in total. The van der Waals surface area contributed by atoms with Gasteiger partial charge in [-0.25, -0.2) is 0 Å². The summed E-state index contributed by atoms with van der Waals surface area (Å²) in [6.45, 7) is 8.47. The second-order valence-electron chi connectivity index (χ2n) is 5.37. The molecule has 4 nitrogen and oxygen atoms in total. The molecule has 2 aromatic rings. The maximum absolute atomic E-state index is 5.25. The number of nitrogens with zero attached hydrogens (tertiary/aromatic N) is 2. The standard InChI is InChI=1S/C15H21N3O/c1-10(2)9-11(3)16-14-8-6-5-7-13(14)15-17-12(4)18-19-15/h5-8,10-11,16H,9H2,1-4H3. The van der Waals surface area contributed by atoms with E-state index >= 15 is 0 Å². The molecule has 0 saturated heterocycles. The molecule has 2 rings (SSSR count). The van der Waals surface area contributed by atoms with Crippen molar-refractivity contribution < 1.29 is 4.52 Å². The quantitative estimate of drug-likeness (QED) is 0.885. The molecule has 19 heavy (non-hydrogen) atoms. The third-order valence-electron chi connectivity index (χ3n) is 2.91. The number of aromatic nitrogens is 2. The van der Waals surface area contributed by atoms with Gasteiger partial charge < -0.3 is 9.84 Å². The molecule has 0 fully saturated rings. The summed E-state index contributed by atoms with van der Waals surface area (Å²) >= 11 is 0. The van der Waals surface area contributed by atoms with Gasteiger partial charge in [0.2, 0.25) is 0 Å². The fraction of sp³-hybridized carbons (Fsp3) is 0.467. The van der Waals surface area contributed by atoms with E-state index in [1.807, 2.05) is 31.2 Å². The average molecular weight is 259 g/mol. The summed E-state index contributed by atoms with van der Waals surface area (Å²) in [5.74, 6) is 1.89. The number of anilines is 1. The first kappa shape index (κ1) is 13.6. The second kappa shape index (κ2) is 5.87. The third-order valence-corrected chi connectivity index (χ3v) is 2.91. The summed E-state index contributed by atoms with van der Waals surface area (Å²) < 4.78 is 5.25. The predicted molar refractivity (Wildman–Crippen MR) is 77.0 cm³/mol. The van der Waals surface area contributed by atoms with Gasteiger partial charge >= 0.3 is 0 Å². The minimum atomic E-state index is 0.408. The van der Waals surface area contributed by atoms with Gasteiger partial charge in [-0.2, -0.15) is 4.98 Å². The SMILES string of the molecule is Cc1noc(-c2ccccc2NC(C)CC(C)C)n1. The van der Waals surface area contributed by atoms with Crippen LogP contribution in [0.4, 0.5) is 5.69 Å². The lowest BCUT2D eigenvalue weighted by Gasteiger charge is -2.18. The van der Waals surface area contributed by atoms with E-state index in [0.717, 1.165) is 17.7 Å². The van der Waals surface area contributed by atoms with E-state index in [1.54, 1.807) is 0 Å². The Kier molecular flexibility index (Phi) is 4.20. The number of hydrogen-bond donors (Lipinski definition) is 1. The summed E-state index contributed by atoms with van der Waals surface area (Å²) in [7, 11) is 0. The van der Waals surface area contributed by atoms with E-state index in [2.05, 4.69) is 36.2 Å². The Balaban J connectivity index is 2.21. The number of aryl methyl sites for hydroxylation is 1. The largest absolute Gasteiger partial charge is 0.382 e. The Morgan fingerprint density at radius 3 is 2.58 bits per heavy atom. The Labute approximate surface area is 114 Å². The lowest BCUT2D eigenvalue weighted by Crippen LogP contribution is -2.17. The first-order chi connectivity index (χ1) is 9.06. The molecule has 0 bridgehead atoms. The lowest BCUT2D eigenvalue weighted by atomic mass is 10.0. The van der Waals surface area contributed by atoms with Crippen molar-refractivity contribution in [2.75, 3.05) is 5.32 Å². The molecule has 0 aliphatic rings. The van der Waals surface area contributed by atoms with Crippen molar-refractivity contribution in [3.8, 4) is 11.5 Å². The fourth-order valence-electron chi connectivity index (χ4n) is 2.23. The molecule has 1 aromatic carbocycles.